The molecule has 0 radical (unpaired) electrons. The lowest BCUT2D eigenvalue weighted by molar-refractivity contribution is 0.355. The van der Waals surface area contributed by atoms with E-state index >= 15 is 0 Å². The van der Waals surface area contributed by atoms with E-state index in [0.29, 0.717) is 11.8 Å². The number of halogens is 1. The van der Waals surface area contributed by atoms with Crippen molar-refractivity contribution in [2.24, 2.45) is 11.8 Å². The second-order valence-corrected chi connectivity index (χ2v) is 8.01. The van der Waals surface area contributed by atoms with Crippen molar-refractivity contribution in [2.45, 2.75) is 53.1 Å². The van der Waals surface area contributed by atoms with Gasteiger partial charge in [0, 0.05) is 31.4 Å². The topological polar surface area (TPSA) is 28.2 Å². The van der Waals surface area contributed by atoms with Gasteiger partial charge in [-0.3, -0.25) is 0 Å². The normalized spacial score (nSPS) is 23.4. The van der Waals surface area contributed by atoms with Gasteiger partial charge in [-0.1, -0.05) is 25.4 Å². The fraction of sp³-hybridized carbons (Fsp3) is 0.706. The summed E-state index contributed by atoms with van der Waals surface area (Å²) in [5, 5.41) is 4.23. The minimum atomic E-state index is 0.100. The van der Waals surface area contributed by atoms with Gasteiger partial charge < -0.3 is 10.2 Å². The molecule has 1 aliphatic heterocycles. The van der Waals surface area contributed by atoms with Crippen LogP contribution in [0.4, 0.5) is 5.82 Å². The summed E-state index contributed by atoms with van der Waals surface area (Å²) in [4.78, 5) is 6.96. The van der Waals surface area contributed by atoms with Crippen LogP contribution in [-0.4, -0.2) is 23.6 Å². The highest BCUT2D eigenvalue weighted by Gasteiger charge is 2.24. The highest BCUT2D eigenvalue weighted by Crippen LogP contribution is 2.30. The SMILES string of the molecule is CC1CC(C)CN(c2ncc(CNC(C)(C)C)cc2Cl)C1. The zero-order valence-corrected chi connectivity index (χ0v) is 14.7. The molecule has 1 N–H and O–H groups in total. The first-order valence-electron chi connectivity index (χ1n) is 7.89. The van der Waals surface area contributed by atoms with Crippen LogP contribution < -0.4 is 10.2 Å². The molecular weight excluding hydrogens is 282 g/mol. The van der Waals surface area contributed by atoms with E-state index in [1.165, 1.54) is 6.42 Å². The van der Waals surface area contributed by atoms with Gasteiger partial charge in [0.1, 0.15) is 5.82 Å². The molecule has 0 bridgehead atoms. The van der Waals surface area contributed by atoms with Crippen LogP contribution in [0.1, 0.15) is 46.6 Å². The fourth-order valence-corrected chi connectivity index (χ4v) is 3.31. The quantitative estimate of drug-likeness (QED) is 0.911. The van der Waals surface area contributed by atoms with Crippen molar-refractivity contribution in [1.82, 2.24) is 10.3 Å². The van der Waals surface area contributed by atoms with Crippen molar-refractivity contribution in [1.29, 1.82) is 0 Å². The Morgan fingerprint density at radius 3 is 2.43 bits per heavy atom. The third-order valence-electron chi connectivity index (χ3n) is 3.87. The van der Waals surface area contributed by atoms with Gasteiger partial charge in [0.25, 0.3) is 0 Å². The summed E-state index contributed by atoms with van der Waals surface area (Å²) in [6.07, 6.45) is 3.24. The molecule has 0 aliphatic carbocycles. The largest absolute Gasteiger partial charge is 0.355 e. The maximum absolute atomic E-state index is 6.48. The highest BCUT2D eigenvalue weighted by atomic mass is 35.5. The van der Waals surface area contributed by atoms with Crippen molar-refractivity contribution in [3.05, 3.63) is 22.8 Å². The molecule has 1 aromatic rings. The Morgan fingerprint density at radius 2 is 1.90 bits per heavy atom. The maximum atomic E-state index is 6.48. The zero-order valence-electron chi connectivity index (χ0n) is 13.9. The number of anilines is 1. The molecular formula is C17H28ClN3. The lowest BCUT2D eigenvalue weighted by atomic mass is 9.92. The summed E-state index contributed by atoms with van der Waals surface area (Å²) in [6, 6.07) is 2.05. The number of hydrogen-bond acceptors (Lipinski definition) is 3. The van der Waals surface area contributed by atoms with Gasteiger partial charge in [0.2, 0.25) is 0 Å². The molecule has 1 aliphatic rings. The summed E-state index contributed by atoms with van der Waals surface area (Å²) in [6.45, 7) is 14.0. The van der Waals surface area contributed by atoms with Crippen molar-refractivity contribution in [3.8, 4) is 0 Å². The van der Waals surface area contributed by atoms with Crippen molar-refractivity contribution in [2.75, 3.05) is 18.0 Å². The third kappa shape index (κ3) is 4.86. The summed E-state index contributed by atoms with van der Waals surface area (Å²) in [5.41, 5.74) is 1.24. The van der Waals surface area contributed by atoms with Gasteiger partial charge in [-0.25, -0.2) is 4.98 Å². The number of nitrogens with one attached hydrogen (secondary N) is 1. The first-order chi connectivity index (χ1) is 9.74. The molecule has 3 nitrogen and oxygen atoms in total. The van der Waals surface area contributed by atoms with Crippen molar-refractivity contribution < 1.29 is 0 Å². The van der Waals surface area contributed by atoms with Gasteiger partial charge in [0.05, 0.1) is 5.02 Å². The molecule has 1 fully saturated rings. The number of pyridine rings is 1. The van der Waals surface area contributed by atoms with Crippen LogP contribution in [0.3, 0.4) is 0 Å². The van der Waals surface area contributed by atoms with Crippen LogP contribution in [-0.2, 0) is 6.54 Å². The Bertz CT molecular complexity index is 471. The Hall–Kier alpha value is -0.800. The van der Waals surface area contributed by atoms with E-state index in [1.807, 2.05) is 12.3 Å². The van der Waals surface area contributed by atoms with Gasteiger partial charge in [0.15, 0.2) is 0 Å². The van der Waals surface area contributed by atoms with E-state index in [-0.39, 0.29) is 5.54 Å². The number of rotatable bonds is 3. The predicted molar refractivity (Wildman–Crippen MR) is 91.0 cm³/mol. The average molecular weight is 310 g/mol. The molecule has 1 saturated heterocycles. The molecule has 21 heavy (non-hydrogen) atoms. The van der Waals surface area contributed by atoms with Crippen LogP contribution in [0.5, 0.6) is 0 Å². The highest BCUT2D eigenvalue weighted by molar-refractivity contribution is 6.33. The fourth-order valence-electron chi connectivity index (χ4n) is 3.00. The van der Waals surface area contributed by atoms with E-state index < -0.39 is 0 Å². The smallest absolute Gasteiger partial charge is 0.147 e. The minimum absolute atomic E-state index is 0.100. The van der Waals surface area contributed by atoms with Gasteiger partial charge in [-0.2, -0.15) is 0 Å². The Balaban J connectivity index is 2.08. The molecule has 2 atom stereocenters. The molecule has 2 unspecified atom stereocenters. The molecule has 2 rings (SSSR count). The van der Waals surface area contributed by atoms with E-state index in [2.05, 4.69) is 49.8 Å². The van der Waals surface area contributed by atoms with Crippen LogP contribution in [0.25, 0.3) is 0 Å². The molecule has 4 heteroatoms. The number of nitrogens with zero attached hydrogens (tertiary/aromatic N) is 2. The van der Waals surface area contributed by atoms with E-state index in [9.17, 15) is 0 Å². The molecule has 0 aromatic carbocycles. The van der Waals surface area contributed by atoms with Gasteiger partial charge >= 0.3 is 0 Å². The van der Waals surface area contributed by atoms with Crippen molar-refractivity contribution in [3.63, 3.8) is 0 Å². The van der Waals surface area contributed by atoms with Crippen molar-refractivity contribution >= 4 is 17.4 Å². The Labute approximate surface area is 134 Å². The maximum Gasteiger partial charge on any atom is 0.147 e. The predicted octanol–water partition coefficient (Wildman–Crippen LogP) is 4.11. The number of piperidine rings is 1. The summed E-state index contributed by atoms with van der Waals surface area (Å²) in [7, 11) is 0. The molecule has 0 saturated carbocycles. The van der Waals surface area contributed by atoms with Crippen LogP contribution >= 0.6 is 11.6 Å². The average Bonchev–Trinajstić information content (AvgIpc) is 2.34. The van der Waals surface area contributed by atoms with Crippen LogP contribution in [0.15, 0.2) is 12.3 Å². The molecule has 118 valence electrons. The van der Waals surface area contributed by atoms with E-state index in [4.69, 9.17) is 11.6 Å². The molecule has 0 amide bonds. The lowest BCUT2D eigenvalue weighted by Crippen LogP contribution is -2.39. The summed E-state index contributed by atoms with van der Waals surface area (Å²) < 4.78 is 0. The zero-order chi connectivity index (χ0) is 15.6. The second kappa shape index (κ2) is 6.53. The molecule has 1 aromatic heterocycles. The van der Waals surface area contributed by atoms with Gasteiger partial charge in [-0.05, 0) is 50.7 Å². The third-order valence-corrected chi connectivity index (χ3v) is 4.15. The summed E-state index contributed by atoms with van der Waals surface area (Å²) >= 11 is 6.48. The Kier molecular flexibility index (Phi) is 5.15. The number of hydrogen-bond donors (Lipinski definition) is 1. The molecule has 0 spiro atoms. The second-order valence-electron chi connectivity index (χ2n) is 7.60. The monoisotopic (exact) mass is 309 g/mol. The standard InChI is InChI=1S/C17H28ClN3/c1-12-6-13(2)11-21(10-12)16-15(18)7-14(8-19-16)9-20-17(3,4)5/h7-8,12-13,20H,6,9-11H2,1-5H3. The van der Waals surface area contributed by atoms with Crippen LogP contribution in [0, 0.1) is 11.8 Å². The van der Waals surface area contributed by atoms with Crippen LogP contribution in [0.2, 0.25) is 5.02 Å². The van der Waals surface area contributed by atoms with Gasteiger partial charge in [-0.15, -0.1) is 0 Å². The number of aromatic nitrogens is 1. The Morgan fingerprint density at radius 1 is 1.29 bits per heavy atom. The van der Waals surface area contributed by atoms with E-state index in [0.717, 1.165) is 36.0 Å². The van der Waals surface area contributed by atoms with E-state index in [1.54, 1.807) is 0 Å². The first-order valence-corrected chi connectivity index (χ1v) is 8.27. The molecule has 2 heterocycles. The lowest BCUT2D eigenvalue weighted by Gasteiger charge is -2.36. The minimum Gasteiger partial charge on any atom is -0.355 e. The first kappa shape index (κ1) is 16.6. The summed E-state index contributed by atoms with van der Waals surface area (Å²) in [5.74, 6) is 2.34.